The Hall–Kier alpha value is -1.97. The van der Waals surface area contributed by atoms with Gasteiger partial charge in [-0.3, -0.25) is 0 Å². The van der Waals surface area contributed by atoms with Gasteiger partial charge < -0.3 is 4.74 Å². The van der Waals surface area contributed by atoms with Crippen molar-refractivity contribution in [2.24, 2.45) is 0 Å². The largest absolute Gasteiger partial charge is 0.470 e. The molecule has 0 unspecified atom stereocenters. The van der Waals surface area contributed by atoms with E-state index in [1.807, 2.05) is 26.8 Å². The minimum atomic E-state index is -0.607. The zero-order valence-corrected chi connectivity index (χ0v) is 12.7. The molecule has 1 aromatic heterocycles. The van der Waals surface area contributed by atoms with E-state index >= 15 is 0 Å². The molecule has 1 heterocycles. The van der Waals surface area contributed by atoms with Crippen LogP contribution in [0, 0.1) is 25.5 Å². The lowest BCUT2D eigenvalue weighted by molar-refractivity contribution is 0.213. The summed E-state index contributed by atoms with van der Waals surface area (Å²) in [5.41, 5.74) is 3.43. The number of nitrogens with zero attached hydrogens (tertiary/aromatic N) is 1. The molecule has 0 bridgehead atoms. The van der Waals surface area contributed by atoms with Crippen molar-refractivity contribution >= 4 is 0 Å². The van der Waals surface area contributed by atoms with Crippen molar-refractivity contribution in [3.05, 3.63) is 58.3 Å². The third-order valence-corrected chi connectivity index (χ3v) is 3.53. The Morgan fingerprint density at radius 1 is 1.10 bits per heavy atom. The van der Waals surface area contributed by atoms with Crippen LogP contribution in [-0.4, -0.2) is 4.98 Å². The minimum absolute atomic E-state index is 0.453. The molecule has 1 atom stereocenters. The van der Waals surface area contributed by atoms with Crippen LogP contribution in [0.2, 0.25) is 0 Å². The fraction of sp³-hybridized carbons (Fsp3) is 0.353. The highest BCUT2D eigenvalue weighted by Gasteiger charge is 2.14. The summed E-state index contributed by atoms with van der Waals surface area (Å²) in [5.74, 6) is -0.689. The molecule has 2 nitrogen and oxygen atoms in total. The highest BCUT2D eigenvalue weighted by atomic mass is 19.1. The summed E-state index contributed by atoms with van der Waals surface area (Å²) in [6, 6.07) is 5.44. The molecule has 0 amide bonds. The van der Waals surface area contributed by atoms with Gasteiger partial charge in [0.2, 0.25) is 5.88 Å². The van der Waals surface area contributed by atoms with Gasteiger partial charge in [0.15, 0.2) is 0 Å². The maximum absolute atomic E-state index is 13.3. The first kappa shape index (κ1) is 15.4. The lowest BCUT2D eigenvalue weighted by Crippen LogP contribution is -2.08. The summed E-state index contributed by atoms with van der Waals surface area (Å²) >= 11 is 0. The Balaban J connectivity index is 2.30. The molecule has 0 aliphatic heterocycles. The molecule has 0 aliphatic rings. The van der Waals surface area contributed by atoms with Crippen LogP contribution in [0.1, 0.15) is 42.3 Å². The maximum Gasteiger partial charge on any atom is 0.217 e. The van der Waals surface area contributed by atoms with Crippen LogP contribution in [0.4, 0.5) is 8.78 Å². The molecule has 2 aromatic rings. The second-order valence-corrected chi connectivity index (χ2v) is 5.17. The SMILES string of the molecule is CCc1cc(C)c(C)nc1O[C@@H](C)c1cc(F)cc(F)c1. The predicted molar refractivity (Wildman–Crippen MR) is 78.5 cm³/mol. The van der Waals surface area contributed by atoms with Crippen molar-refractivity contribution in [2.45, 2.75) is 40.2 Å². The van der Waals surface area contributed by atoms with Gasteiger partial charge in [0.05, 0.1) is 0 Å². The van der Waals surface area contributed by atoms with E-state index in [0.29, 0.717) is 11.4 Å². The fourth-order valence-electron chi connectivity index (χ4n) is 2.14. The summed E-state index contributed by atoms with van der Waals surface area (Å²) in [7, 11) is 0. The van der Waals surface area contributed by atoms with Gasteiger partial charge in [0, 0.05) is 17.3 Å². The smallest absolute Gasteiger partial charge is 0.217 e. The first-order chi connectivity index (χ1) is 9.90. The molecule has 0 N–H and O–H groups in total. The van der Waals surface area contributed by atoms with Crippen LogP contribution in [-0.2, 0) is 6.42 Å². The second kappa shape index (κ2) is 6.20. The zero-order valence-electron chi connectivity index (χ0n) is 12.7. The number of hydrogen-bond acceptors (Lipinski definition) is 2. The number of halogens is 2. The van der Waals surface area contributed by atoms with Crippen molar-refractivity contribution in [2.75, 3.05) is 0 Å². The topological polar surface area (TPSA) is 22.1 Å². The molecule has 2 rings (SSSR count). The third kappa shape index (κ3) is 3.57. The van der Waals surface area contributed by atoms with Crippen molar-refractivity contribution in [3.8, 4) is 5.88 Å². The van der Waals surface area contributed by atoms with Crippen molar-refractivity contribution in [3.63, 3.8) is 0 Å². The lowest BCUT2D eigenvalue weighted by Gasteiger charge is -2.18. The molecule has 0 saturated heterocycles. The van der Waals surface area contributed by atoms with Gasteiger partial charge >= 0.3 is 0 Å². The third-order valence-electron chi connectivity index (χ3n) is 3.53. The number of hydrogen-bond donors (Lipinski definition) is 0. The van der Waals surface area contributed by atoms with E-state index in [1.54, 1.807) is 6.92 Å². The van der Waals surface area contributed by atoms with Crippen LogP contribution in [0.5, 0.6) is 5.88 Å². The predicted octanol–water partition coefficient (Wildman–Crippen LogP) is 4.68. The summed E-state index contributed by atoms with van der Waals surface area (Å²) in [4.78, 5) is 4.44. The molecule has 21 heavy (non-hydrogen) atoms. The van der Waals surface area contributed by atoms with Crippen molar-refractivity contribution in [1.29, 1.82) is 0 Å². The number of aryl methyl sites for hydroxylation is 3. The zero-order chi connectivity index (χ0) is 15.6. The van der Waals surface area contributed by atoms with Crippen LogP contribution in [0.15, 0.2) is 24.3 Å². The fourth-order valence-corrected chi connectivity index (χ4v) is 2.14. The monoisotopic (exact) mass is 291 g/mol. The normalized spacial score (nSPS) is 12.3. The Morgan fingerprint density at radius 2 is 1.71 bits per heavy atom. The van der Waals surface area contributed by atoms with E-state index in [0.717, 1.165) is 29.3 Å². The molecular weight excluding hydrogens is 272 g/mol. The van der Waals surface area contributed by atoms with Crippen molar-refractivity contribution in [1.82, 2.24) is 4.98 Å². The summed E-state index contributed by atoms with van der Waals surface area (Å²) in [6.45, 7) is 7.68. The minimum Gasteiger partial charge on any atom is -0.470 e. The van der Waals surface area contributed by atoms with E-state index in [-0.39, 0.29) is 0 Å². The quantitative estimate of drug-likeness (QED) is 0.816. The summed E-state index contributed by atoms with van der Waals surface area (Å²) in [5, 5.41) is 0. The van der Waals surface area contributed by atoms with Gasteiger partial charge in [-0.2, -0.15) is 0 Å². The van der Waals surface area contributed by atoms with Gasteiger partial charge in [-0.25, -0.2) is 13.8 Å². The Bertz CT molecular complexity index is 635. The lowest BCUT2D eigenvalue weighted by atomic mass is 10.1. The van der Waals surface area contributed by atoms with E-state index in [9.17, 15) is 8.78 Å². The van der Waals surface area contributed by atoms with E-state index in [2.05, 4.69) is 4.98 Å². The highest BCUT2D eigenvalue weighted by Crippen LogP contribution is 2.26. The first-order valence-electron chi connectivity index (χ1n) is 7.00. The number of benzene rings is 1. The van der Waals surface area contributed by atoms with Gasteiger partial charge in [-0.05, 0) is 56.5 Å². The Morgan fingerprint density at radius 3 is 2.29 bits per heavy atom. The summed E-state index contributed by atoms with van der Waals surface area (Å²) < 4.78 is 32.4. The molecule has 0 radical (unpaired) electrons. The van der Waals surface area contributed by atoms with Crippen LogP contribution in [0.25, 0.3) is 0 Å². The molecular formula is C17H19F2NO. The van der Waals surface area contributed by atoms with Crippen LogP contribution >= 0.6 is 0 Å². The van der Waals surface area contributed by atoms with E-state index < -0.39 is 17.7 Å². The summed E-state index contributed by atoms with van der Waals surface area (Å²) in [6.07, 6.45) is 0.309. The Kier molecular flexibility index (Phi) is 4.56. The average Bonchev–Trinajstić information content (AvgIpc) is 2.41. The standard InChI is InChI=1S/C17H19F2NO/c1-5-13-6-10(2)11(3)20-17(13)21-12(4)14-7-15(18)9-16(19)8-14/h6-9,12H,5H2,1-4H3/t12-/m0/s1. The Labute approximate surface area is 123 Å². The number of pyridine rings is 1. The molecule has 0 spiro atoms. The van der Waals surface area contributed by atoms with Gasteiger partial charge in [0.25, 0.3) is 0 Å². The molecule has 0 aliphatic carbocycles. The number of rotatable bonds is 4. The van der Waals surface area contributed by atoms with E-state index in [1.165, 1.54) is 12.1 Å². The molecule has 1 aromatic carbocycles. The van der Waals surface area contributed by atoms with Gasteiger partial charge in [-0.1, -0.05) is 6.92 Å². The van der Waals surface area contributed by atoms with Crippen LogP contribution < -0.4 is 4.74 Å². The highest BCUT2D eigenvalue weighted by molar-refractivity contribution is 5.34. The molecule has 0 fully saturated rings. The van der Waals surface area contributed by atoms with Gasteiger partial charge in [-0.15, -0.1) is 0 Å². The molecule has 4 heteroatoms. The number of ether oxygens (including phenoxy) is 1. The van der Waals surface area contributed by atoms with Crippen molar-refractivity contribution < 1.29 is 13.5 Å². The maximum atomic E-state index is 13.3. The van der Waals surface area contributed by atoms with Gasteiger partial charge in [0.1, 0.15) is 17.7 Å². The van der Waals surface area contributed by atoms with E-state index in [4.69, 9.17) is 4.74 Å². The molecule has 112 valence electrons. The molecule has 0 saturated carbocycles. The second-order valence-electron chi connectivity index (χ2n) is 5.17. The first-order valence-corrected chi connectivity index (χ1v) is 7.00. The van der Waals surface area contributed by atoms with Crippen LogP contribution in [0.3, 0.4) is 0 Å². The average molecular weight is 291 g/mol. The number of aromatic nitrogens is 1.